The third kappa shape index (κ3) is 3.23. The van der Waals surface area contributed by atoms with Crippen LogP contribution < -0.4 is 5.73 Å². The Bertz CT molecular complexity index is 734. The number of methoxy groups -OCH3 is 1. The number of nitrogens with zero attached hydrogens (tertiary/aromatic N) is 2. The summed E-state index contributed by atoms with van der Waals surface area (Å²) >= 11 is 0. The molecule has 0 radical (unpaired) electrons. The Labute approximate surface area is 143 Å². The van der Waals surface area contributed by atoms with Crippen LogP contribution in [-0.4, -0.2) is 48.1 Å². The lowest BCUT2D eigenvalue weighted by molar-refractivity contribution is 0.0898. The van der Waals surface area contributed by atoms with Crippen LogP contribution in [-0.2, 0) is 4.74 Å². The Balaban J connectivity index is 1.81. The van der Waals surface area contributed by atoms with Gasteiger partial charge in [0.25, 0.3) is 0 Å². The van der Waals surface area contributed by atoms with Crippen molar-refractivity contribution in [2.45, 2.75) is 26.4 Å². The summed E-state index contributed by atoms with van der Waals surface area (Å²) in [6.07, 6.45) is 1.24. The number of Topliss-reactive ketones (excluding diaryl/α,β-unsaturated/α-hetero) is 1. The fourth-order valence-electron chi connectivity index (χ4n) is 3.49. The maximum absolute atomic E-state index is 12.8. The highest BCUT2D eigenvalue weighted by Crippen LogP contribution is 2.23. The minimum Gasteiger partial charge on any atom is -0.399 e. The minimum atomic E-state index is 0.168. The van der Waals surface area contributed by atoms with Gasteiger partial charge in [0.2, 0.25) is 0 Å². The van der Waals surface area contributed by atoms with Gasteiger partial charge in [0.1, 0.15) is 0 Å². The van der Waals surface area contributed by atoms with E-state index in [0.717, 1.165) is 47.8 Å². The molecule has 2 N–H and O–H groups in total. The van der Waals surface area contributed by atoms with Gasteiger partial charge in [-0.1, -0.05) is 0 Å². The van der Waals surface area contributed by atoms with Gasteiger partial charge in [-0.05, 0) is 50.6 Å². The number of carbonyl (C=O) groups excluding carboxylic acids is 1. The van der Waals surface area contributed by atoms with Crippen molar-refractivity contribution in [2.24, 2.45) is 0 Å². The number of benzene rings is 1. The maximum Gasteiger partial charge on any atom is 0.178 e. The Hall–Kier alpha value is -2.11. The minimum absolute atomic E-state index is 0.168. The molecule has 2 aromatic rings. The summed E-state index contributed by atoms with van der Waals surface area (Å²) in [5.41, 5.74) is 10.4. The standard InChI is InChI=1S/C19H25N3O2/c1-13-10-18(19(23)12-21-9-8-17(11-21)24-3)14(2)22(13)16-6-4-15(20)5-7-16/h4-7,10,17H,8-9,11-12,20H2,1-3H3. The van der Waals surface area contributed by atoms with E-state index in [0.29, 0.717) is 6.54 Å². The van der Waals surface area contributed by atoms with E-state index in [9.17, 15) is 4.79 Å². The molecule has 5 nitrogen and oxygen atoms in total. The average molecular weight is 327 g/mol. The highest BCUT2D eigenvalue weighted by Gasteiger charge is 2.25. The summed E-state index contributed by atoms with van der Waals surface area (Å²) in [6.45, 7) is 6.22. The topological polar surface area (TPSA) is 60.5 Å². The average Bonchev–Trinajstić information content (AvgIpc) is 3.13. The quantitative estimate of drug-likeness (QED) is 0.677. The molecule has 1 aromatic carbocycles. The van der Waals surface area contributed by atoms with Crippen LogP contribution in [0.1, 0.15) is 28.2 Å². The first-order valence-corrected chi connectivity index (χ1v) is 8.33. The third-order valence-electron chi connectivity index (χ3n) is 4.81. The lowest BCUT2D eigenvalue weighted by Gasteiger charge is -2.15. The molecule has 1 fully saturated rings. The zero-order valence-electron chi connectivity index (χ0n) is 14.6. The molecule has 0 aliphatic carbocycles. The van der Waals surface area contributed by atoms with Gasteiger partial charge in [-0.3, -0.25) is 9.69 Å². The molecule has 1 aliphatic rings. The summed E-state index contributed by atoms with van der Waals surface area (Å²) in [6, 6.07) is 9.70. The maximum atomic E-state index is 12.8. The summed E-state index contributed by atoms with van der Waals surface area (Å²) in [5.74, 6) is 0.168. The van der Waals surface area contributed by atoms with Crippen molar-refractivity contribution in [1.82, 2.24) is 9.47 Å². The SMILES string of the molecule is COC1CCN(CC(=O)c2cc(C)n(-c3ccc(N)cc3)c2C)C1. The van der Waals surface area contributed by atoms with Crippen molar-refractivity contribution in [2.75, 3.05) is 32.5 Å². The molecule has 5 heteroatoms. The number of nitrogen functional groups attached to an aromatic ring is 1. The number of anilines is 1. The molecule has 1 aromatic heterocycles. The van der Waals surface area contributed by atoms with E-state index < -0.39 is 0 Å². The molecular formula is C19H25N3O2. The van der Waals surface area contributed by atoms with E-state index in [1.807, 2.05) is 44.2 Å². The van der Waals surface area contributed by atoms with E-state index in [2.05, 4.69) is 9.47 Å². The van der Waals surface area contributed by atoms with Gasteiger partial charge in [0, 0.05) is 48.5 Å². The van der Waals surface area contributed by atoms with Crippen molar-refractivity contribution in [3.8, 4) is 5.69 Å². The first-order chi connectivity index (χ1) is 11.5. The van der Waals surface area contributed by atoms with Crippen molar-refractivity contribution in [1.29, 1.82) is 0 Å². The Morgan fingerprint density at radius 2 is 2.00 bits per heavy atom. The van der Waals surface area contributed by atoms with Gasteiger partial charge in [-0.15, -0.1) is 0 Å². The first kappa shape index (κ1) is 16.7. The molecule has 0 bridgehead atoms. The number of rotatable bonds is 5. The molecular weight excluding hydrogens is 302 g/mol. The summed E-state index contributed by atoms with van der Waals surface area (Å²) in [7, 11) is 1.73. The largest absolute Gasteiger partial charge is 0.399 e. The number of ketones is 1. The monoisotopic (exact) mass is 327 g/mol. The molecule has 24 heavy (non-hydrogen) atoms. The zero-order valence-corrected chi connectivity index (χ0v) is 14.6. The molecule has 1 saturated heterocycles. The predicted octanol–water partition coefficient (Wildman–Crippen LogP) is 2.58. The number of ether oxygens (including phenoxy) is 1. The third-order valence-corrected chi connectivity index (χ3v) is 4.81. The fraction of sp³-hybridized carbons (Fsp3) is 0.421. The van der Waals surface area contributed by atoms with Gasteiger partial charge >= 0.3 is 0 Å². The molecule has 1 unspecified atom stereocenters. The van der Waals surface area contributed by atoms with Crippen molar-refractivity contribution in [3.63, 3.8) is 0 Å². The van der Waals surface area contributed by atoms with Crippen molar-refractivity contribution < 1.29 is 9.53 Å². The molecule has 0 spiro atoms. The van der Waals surface area contributed by atoms with Crippen molar-refractivity contribution >= 4 is 11.5 Å². The number of hydrogen-bond acceptors (Lipinski definition) is 4. The summed E-state index contributed by atoms with van der Waals surface area (Å²) in [5, 5.41) is 0. The first-order valence-electron chi connectivity index (χ1n) is 8.33. The normalized spacial score (nSPS) is 18.2. The summed E-state index contributed by atoms with van der Waals surface area (Å²) < 4.78 is 7.48. The van der Waals surface area contributed by atoms with Crippen LogP contribution in [0.3, 0.4) is 0 Å². The van der Waals surface area contributed by atoms with Crippen LogP contribution in [0.5, 0.6) is 0 Å². The van der Waals surface area contributed by atoms with Gasteiger partial charge in [0.05, 0.1) is 12.6 Å². The molecule has 3 rings (SSSR count). The Kier molecular flexibility index (Phi) is 4.73. The van der Waals surface area contributed by atoms with E-state index in [1.54, 1.807) is 7.11 Å². The highest BCUT2D eigenvalue weighted by molar-refractivity contribution is 5.99. The molecule has 0 saturated carbocycles. The Morgan fingerprint density at radius 3 is 2.62 bits per heavy atom. The lowest BCUT2D eigenvalue weighted by Crippen LogP contribution is -2.29. The molecule has 0 amide bonds. The second kappa shape index (κ2) is 6.79. The summed E-state index contributed by atoms with van der Waals surface area (Å²) in [4.78, 5) is 14.9. The zero-order chi connectivity index (χ0) is 17.3. The molecule has 128 valence electrons. The number of hydrogen-bond donors (Lipinski definition) is 1. The van der Waals surface area contributed by atoms with E-state index >= 15 is 0 Å². The lowest BCUT2D eigenvalue weighted by atomic mass is 10.1. The number of aryl methyl sites for hydroxylation is 1. The number of carbonyl (C=O) groups is 1. The highest BCUT2D eigenvalue weighted by atomic mass is 16.5. The van der Waals surface area contributed by atoms with E-state index in [1.165, 1.54) is 0 Å². The predicted molar refractivity (Wildman–Crippen MR) is 95.8 cm³/mol. The molecule has 1 atom stereocenters. The number of aromatic nitrogens is 1. The van der Waals surface area contributed by atoms with Crippen LogP contribution in [0.4, 0.5) is 5.69 Å². The van der Waals surface area contributed by atoms with Crippen molar-refractivity contribution in [3.05, 3.63) is 47.3 Å². The number of nitrogens with two attached hydrogens (primary N) is 1. The second-order valence-electron chi connectivity index (χ2n) is 6.52. The second-order valence-corrected chi connectivity index (χ2v) is 6.52. The van der Waals surface area contributed by atoms with Crippen LogP contribution in [0, 0.1) is 13.8 Å². The Morgan fingerprint density at radius 1 is 1.29 bits per heavy atom. The van der Waals surface area contributed by atoms with Gasteiger partial charge in [-0.2, -0.15) is 0 Å². The smallest absolute Gasteiger partial charge is 0.178 e. The van der Waals surface area contributed by atoms with E-state index in [4.69, 9.17) is 10.5 Å². The number of likely N-dealkylation sites (tertiary alicyclic amines) is 1. The van der Waals surface area contributed by atoms with Crippen LogP contribution in [0.15, 0.2) is 30.3 Å². The van der Waals surface area contributed by atoms with Crippen LogP contribution in [0.25, 0.3) is 5.69 Å². The fourth-order valence-corrected chi connectivity index (χ4v) is 3.49. The van der Waals surface area contributed by atoms with E-state index in [-0.39, 0.29) is 11.9 Å². The van der Waals surface area contributed by atoms with Crippen LogP contribution >= 0.6 is 0 Å². The molecule has 2 heterocycles. The van der Waals surface area contributed by atoms with Gasteiger partial charge < -0.3 is 15.0 Å². The van der Waals surface area contributed by atoms with Gasteiger partial charge in [0.15, 0.2) is 5.78 Å². The van der Waals surface area contributed by atoms with Crippen LogP contribution in [0.2, 0.25) is 0 Å². The van der Waals surface area contributed by atoms with Gasteiger partial charge in [-0.25, -0.2) is 0 Å². The molecule has 1 aliphatic heterocycles.